The molecule has 1 aromatic carbocycles. The number of hydrogen-bond donors (Lipinski definition) is 2. The van der Waals surface area contributed by atoms with E-state index in [9.17, 15) is 14.4 Å². The quantitative estimate of drug-likeness (QED) is 0.623. The average molecular weight is 285 g/mol. The lowest BCUT2D eigenvalue weighted by Gasteiger charge is -2.29. The summed E-state index contributed by atoms with van der Waals surface area (Å²) in [6, 6.07) is 4.66. The normalized spacial score (nSPS) is 21.3. The summed E-state index contributed by atoms with van der Waals surface area (Å²) in [5.74, 6) is -0.917. The fourth-order valence-corrected chi connectivity index (χ4v) is 2.94. The maximum atomic E-state index is 12.5. The Hall–Kier alpha value is -2.50. The summed E-state index contributed by atoms with van der Waals surface area (Å²) in [5, 5.41) is 10.1. The molecule has 0 aliphatic carbocycles. The van der Waals surface area contributed by atoms with Gasteiger partial charge in [-0.3, -0.25) is 19.7 Å². The van der Waals surface area contributed by atoms with Crippen LogP contribution in [0.1, 0.15) is 41.3 Å². The third kappa shape index (κ3) is 2.12. The molecule has 2 aliphatic heterocycles. The van der Waals surface area contributed by atoms with Gasteiger partial charge in [0.15, 0.2) is 0 Å². The first-order valence-corrected chi connectivity index (χ1v) is 6.81. The van der Waals surface area contributed by atoms with Crippen molar-refractivity contribution in [3.05, 3.63) is 34.9 Å². The number of hydrogen-bond acceptors (Lipinski definition) is 4. The van der Waals surface area contributed by atoms with Crippen LogP contribution in [0.5, 0.6) is 0 Å². The van der Waals surface area contributed by atoms with Crippen LogP contribution in [0.4, 0.5) is 0 Å². The topological polar surface area (TPSA) is 90.3 Å². The summed E-state index contributed by atoms with van der Waals surface area (Å²) in [5.41, 5.74) is 2.46. The molecule has 1 saturated heterocycles. The molecule has 1 aromatic rings. The van der Waals surface area contributed by atoms with E-state index in [1.165, 1.54) is 4.90 Å². The highest BCUT2D eigenvalue weighted by atomic mass is 16.2. The molecular formula is C15H15N3O3. The lowest BCUT2D eigenvalue weighted by Crippen LogP contribution is -2.52. The molecule has 0 aromatic heterocycles. The van der Waals surface area contributed by atoms with Crippen LogP contribution in [0.25, 0.3) is 0 Å². The summed E-state index contributed by atoms with van der Waals surface area (Å²) < 4.78 is 0. The number of benzene rings is 1. The van der Waals surface area contributed by atoms with Crippen molar-refractivity contribution in [2.45, 2.75) is 32.4 Å². The van der Waals surface area contributed by atoms with Crippen LogP contribution in [0.3, 0.4) is 0 Å². The van der Waals surface area contributed by atoms with Crippen molar-refractivity contribution < 1.29 is 14.4 Å². The van der Waals surface area contributed by atoms with E-state index < -0.39 is 11.9 Å². The zero-order valence-electron chi connectivity index (χ0n) is 11.6. The van der Waals surface area contributed by atoms with E-state index in [1.807, 2.05) is 6.07 Å². The van der Waals surface area contributed by atoms with Crippen LogP contribution in [0, 0.1) is 5.41 Å². The Morgan fingerprint density at radius 1 is 1.33 bits per heavy atom. The number of carbonyl (C=O) groups is 3. The van der Waals surface area contributed by atoms with E-state index in [-0.39, 0.29) is 18.2 Å². The first-order valence-electron chi connectivity index (χ1n) is 6.81. The molecule has 21 heavy (non-hydrogen) atoms. The summed E-state index contributed by atoms with van der Waals surface area (Å²) >= 11 is 0. The van der Waals surface area contributed by atoms with Crippen molar-refractivity contribution in [1.29, 1.82) is 5.41 Å². The molecule has 0 radical (unpaired) electrons. The van der Waals surface area contributed by atoms with Crippen molar-refractivity contribution in [3.63, 3.8) is 0 Å². The highest BCUT2D eigenvalue weighted by Gasteiger charge is 2.39. The Labute approximate surface area is 121 Å². The number of piperidine rings is 1. The highest BCUT2D eigenvalue weighted by molar-refractivity contribution is 6.08. The smallest absolute Gasteiger partial charge is 0.255 e. The Morgan fingerprint density at radius 2 is 2.10 bits per heavy atom. The van der Waals surface area contributed by atoms with Crippen molar-refractivity contribution in [3.8, 4) is 0 Å². The highest BCUT2D eigenvalue weighted by Crippen LogP contribution is 2.29. The van der Waals surface area contributed by atoms with Crippen molar-refractivity contribution >= 4 is 23.4 Å². The minimum Gasteiger partial charge on any atom is -0.322 e. The first kappa shape index (κ1) is 13.5. The molecule has 3 amide bonds. The van der Waals surface area contributed by atoms with Crippen LogP contribution in [-0.2, 0) is 16.1 Å². The van der Waals surface area contributed by atoms with Crippen molar-refractivity contribution in [2.75, 3.05) is 0 Å². The zero-order valence-corrected chi connectivity index (χ0v) is 11.6. The molecule has 2 heterocycles. The van der Waals surface area contributed by atoms with Crippen LogP contribution >= 0.6 is 0 Å². The summed E-state index contributed by atoms with van der Waals surface area (Å²) in [6.07, 6.45) is 0.594. The maximum Gasteiger partial charge on any atom is 0.255 e. The predicted octanol–water partition coefficient (Wildman–Crippen LogP) is 0.835. The van der Waals surface area contributed by atoms with E-state index in [2.05, 4.69) is 5.32 Å². The number of nitrogens with one attached hydrogen (secondary N) is 2. The molecule has 0 saturated carbocycles. The molecule has 2 aliphatic rings. The van der Waals surface area contributed by atoms with Gasteiger partial charge in [0.05, 0.1) is 0 Å². The number of imide groups is 1. The van der Waals surface area contributed by atoms with E-state index in [4.69, 9.17) is 5.41 Å². The monoisotopic (exact) mass is 285 g/mol. The minimum atomic E-state index is -0.610. The largest absolute Gasteiger partial charge is 0.322 e. The summed E-state index contributed by atoms with van der Waals surface area (Å²) in [4.78, 5) is 37.1. The summed E-state index contributed by atoms with van der Waals surface area (Å²) in [6.45, 7) is 1.99. The molecule has 0 spiro atoms. The number of amides is 3. The molecule has 6 nitrogen and oxygen atoms in total. The van der Waals surface area contributed by atoms with Gasteiger partial charge >= 0.3 is 0 Å². The van der Waals surface area contributed by atoms with Gasteiger partial charge in [0.25, 0.3) is 5.91 Å². The van der Waals surface area contributed by atoms with Crippen LogP contribution in [-0.4, -0.2) is 34.4 Å². The van der Waals surface area contributed by atoms with E-state index in [0.717, 1.165) is 11.1 Å². The molecule has 2 N–H and O–H groups in total. The van der Waals surface area contributed by atoms with Crippen LogP contribution in [0.15, 0.2) is 18.2 Å². The Balaban J connectivity index is 1.94. The number of nitrogens with zero attached hydrogens (tertiary/aromatic N) is 1. The molecule has 1 fully saturated rings. The van der Waals surface area contributed by atoms with Gasteiger partial charge in [-0.1, -0.05) is 12.1 Å². The summed E-state index contributed by atoms with van der Waals surface area (Å²) in [7, 11) is 0. The van der Waals surface area contributed by atoms with Gasteiger partial charge in [-0.05, 0) is 25.0 Å². The van der Waals surface area contributed by atoms with Gasteiger partial charge in [0, 0.05) is 29.8 Å². The number of carbonyl (C=O) groups excluding carboxylic acids is 3. The first-order chi connectivity index (χ1) is 9.99. The maximum absolute atomic E-state index is 12.5. The standard InChI is InChI=1S/C15H15N3O3/c1-8(16)9-3-2-4-10-11(9)7-18(15(10)21)12-5-6-13(19)17-14(12)20/h2-4,12,16H,5-7H2,1H3,(H,17,19,20). The van der Waals surface area contributed by atoms with Crippen molar-refractivity contribution in [2.24, 2.45) is 0 Å². The number of rotatable bonds is 2. The van der Waals surface area contributed by atoms with Crippen LogP contribution in [0.2, 0.25) is 0 Å². The fourth-order valence-electron chi connectivity index (χ4n) is 2.94. The fraction of sp³-hybridized carbons (Fsp3) is 0.333. The Morgan fingerprint density at radius 3 is 2.76 bits per heavy atom. The molecule has 108 valence electrons. The second kappa shape index (κ2) is 4.80. The van der Waals surface area contributed by atoms with Gasteiger partial charge in [0.1, 0.15) is 6.04 Å². The van der Waals surface area contributed by atoms with Crippen molar-refractivity contribution in [1.82, 2.24) is 10.2 Å². The third-order valence-electron chi connectivity index (χ3n) is 3.99. The molecule has 3 rings (SSSR count). The lowest BCUT2D eigenvalue weighted by molar-refractivity contribution is -0.136. The molecule has 1 unspecified atom stereocenters. The van der Waals surface area contributed by atoms with Crippen LogP contribution < -0.4 is 5.32 Å². The molecule has 6 heteroatoms. The van der Waals surface area contributed by atoms with E-state index in [1.54, 1.807) is 19.1 Å². The Kier molecular flexibility index (Phi) is 3.08. The van der Waals surface area contributed by atoms with E-state index >= 15 is 0 Å². The third-order valence-corrected chi connectivity index (χ3v) is 3.99. The van der Waals surface area contributed by atoms with Gasteiger partial charge in [-0.15, -0.1) is 0 Å². The Bertz CT molecular complexity index is 681. The van der Waals surface area contributed by atoms with Gasteiger partial charge in [-0.25, -0.2) is 0 Å². The molecule has 1 atom stereocenters. The second-order valence-electron chi connectivity index (χ2n) is 5.36. The SMILES string of the molecule is CC(=N)c1cccc2c1CN(C1CCC(=O)NC1=O)C2=O. The average Bonchev–Trinajstić information content (AvgIpc) is 2.76. The zero-order chi connectivity index (χ0) is 15.1. The van der Waals surface area contributed by atoms with E-state index in [0.29, 0.717) is 24.2 Å². The molecular weight excluding hydrogens is 270 g/mol. The molecule has 0 bridgehead atoms. The number of fused-ring (bicyclic) bond motifs is 1. The predicted molar refractivity (Wildman–Crippen MR) is 75.0 cm³/mol. The lowest BCUT2D eigenvalue weighted by atomic mass is 10.0. The second-order valence-corrected chi connectivity index (χ2v) is 5.36. The van der Waals surface area contributed by atoms with Gasteiger partial charge in [0.2, 0.25) is 11.8 Å². The minimum absolute atomic E-state index is 0.206. The van der Waals surface area contributed by atoms with Gasteiger partial charge < -0.3 is 10.3 Å². The van der Waals surface area contributed by atoms with Gasteiger partial charge in [-0.2, -0.15) is 0 Å².